The molecule has 1 saturated carbocycles. The SMILES string of the molecule is CN=C(NCCOCC1CC1)NCc1coc(-c2ccc(C)cc2)n1.I. The average Bonchev–Trinajstić information content (AvgIpc) is 3.33. The molecule has 0 unspecified atom stereocenters. The zero-order valence-electron chi connectivity index (χ0n) is 15.3. The van der Waals surface area contributed by atoms with Crippen LogP contribution in [0.5, 0.6) is 0 Å². The van der Waals surface area contributed by atoms with E-state index in [1.165, 1.54) is 18.4 Å². The Hall–Kier alpha value is -1.61. The highest BCUT2D eigenvalue weighted by atomic mass is 127. The first-order valence-electron chi connectivity index (χ1n) is 8.78. The van der Waals surface area contributed by atoms with Crippen molar-refractivity contribution in [1.82, 2.24) is 15.6 Å². The molecule has 142 valence electrons. The van der Waals surface area contributed by atoms with Crippen LogP contribution in [0.3, 0.4) is 0 Å². The maximum Gasteiger partial charge on any atom is 0.226 e. The van der Waals surface area contributed by atoms with Crippen LogP contribution in [0.4, 0.5) is 0 Å². The van der Waals surface area contributed by atoms with E-state index in [0.29, 0.717) is 19.0 Å². The van der Waals surface area contributed by atoms with Crippen molar-refractivity contribution in [3.05, 3.63) is 41.8 Å². The Kier molecular flexibility index (Phi) is 8.37. The lowest BCUT2D eigenvalue weighted by Crippen LogP contribution is -2.38. The topological polar surface area (TPSA) is 71.7 Å². The number of oxazole rings is 1. The summed E-state index contributed by atoms with van der Waals surface area (Å²) < 4.78 is 11.2. The standard InChI is InChI=1S/C19H26N4O2.HI/c1-14-3-7-16(8-4-14)18-23-17(13-25-18)11-22-19(20-2)21-9-10-24-12-15-5-6-15;/h3-4,7-8,13,15H,5-6,9-12H2,1-2H3,(H2,20,21,22);1H. The van der Waals surface area contributed by atoms with Crippen molar-refractivity contribution in [2.75, 3.05) is 26.8 Å². The zero-order valence-corrected chi connectivity index (χ0v) is 17.7. The van der Waals surface area contributed by atoms with E-state index in [9.17, 15) is 0 Å². The first-order chi connectivity index (χ1) is 12.2. The quantitative estimate of drug-likeness (QED) is 0.268. The minimum atomic E-state index is 0. The third-order valence-electron chi connectivity index (χ3n) is 4.10. The van der Waals surface area contributed by atoms with Crippen LogP contribution in [0.1, 0.15) is 24.1 Å². The van der Waals surface area contributed by atoms with Gasteiger partial charge in [-0.15, -0.1) is 24.0 Å². The highest BCUT2D eigenvalue weighted by Gasteiger charge is 2.20. The number of aryl methyl sites for hydroxylation is 1. The number of aliphatic imine (C=N–C) groups is 1. The van der Waals surface area contributed by atoms with Crippen LogP contribution in [0.2, 0.25) is 0 Å². The average molecular weight is 470 g/mol. The van der Waals surface area contributed by atoms with Gasteiger partial charge in [0.1, 0.15) is 6.26 Å². The molecule has 0 atom stereocenters. The van der Waals surface area contributed by atoms with Crippen molar-refractivity contribution in [1.29, 1.82) is 0 Å². The van der Waals surface area contributed by atoms with E-state index in [0.717, 1.165) is 36.3 Å². The molecule has 0 aliphatic heterocycles. The van der Waals surface area contributed by atoms with Crippen molar-refractivity contribution in [3.63, 3.8) is 0 Å². The molecule has 1 aliphatic rings. The maximum absolute atomic E-state index is 5.60. The first-order valence-corrected chi connectivity index (χ1v) is 8.78. The van der Waals surface area contributed by atoms with E-state index >= 15 is 0 Å². The Bertz CT molecular complexity index is 696. The van der Waals surface area contributed by atoms with Crippen molar-refractivity contribution in [2.45, 2.75) is 26.3 Å². The summed E-state index contributed by atoms with van der Waals surface area (Å²) in [7, 11) is 1.75. The predicted octanol–water partition coefficient (Wildman–Crippen LogP) is 3.36. The van der Waals surface area contributed by atoms with Gasteiger partial charge >= 0.3 is 0 Å². The molecule has 0 saturated heterocycles. The number of hydrogen-bond donors (Lipinski definition) is 2. The normalized spacial score (nSPS) is 14.0. The van der Waals surface area contributed by atoms with E-state index < -0.39 is 0 Å². The molecule has 2 N–H and O–H groups in total. The van der Waals surface area contributed by atoms with Crippen LogP contribution in [0.15, 0.2) is 39.9 Å². The summed E-state index contributed by atoms with van der Waals surface area (Å²) in [6.07, 6.45) is 4.31. The number of benzene rings is 1. The molecule has 1 aliphatic carbocycles. The molecule has 7 heteroatoms. The largest absolute Gasteiger partial charge is 0.444 e. The van der Waals surface area contributed by atoms with Gasteiger partial charge in [0.05, 0.1) is 18.8 Å². The Morgan fingerprint density at radius 1 is 1.27 bits per heavy atom. The summed E-state index contributed by atoms with van der Waals surface area (Å²) in [6.45, 7) is 4.93. The second-order valence-corrected chi connectivity index (χ2v) is 6.38. The zero-order chi connectivity index (χ0) is 17.5. The number of nitrogens with zero attached hydrogens (tertiary/aromatic N) is 2. The third-order valence-corrected chi connectivity index (χ3v) is 4.10. The number of rotatable bonds is 8. The minimum Gasteiger partial charge on any atom is -0.444 e. The molecule has 1 aromatic carbocycles. The van der Waals surface area contributed by atoms with Crippen LogP contribution < -0.4 is 10.6 Å². The van der Waals surface area contributed by atoms with E-state index in [-0.39, 0.29) is 24.0 Å². The van der Waals surface area contributed by atoms with Gasteiger partial charge in [0, 0.05) is 25.8 Å². The van der Waals surface area contributed by atoms with Crippen molar-refractivity contribution in [3.8, 4) is 11.5 Å². The van der Waals surface area contributed by atoms with Gasteiger partial charge in [-0.05, 0) is 37.8 Å². The first kappa shape index (κ1) is 20.7. The molecule has 1 fully saturated rings. The Morgan fingerprint density at radius 3 is 2.73 bits per heavy atom. The van der Waals surface area contributed by atoms with Crippen LogP contribution in [0.25, 0.3) is 11.5 Å². The van der Waals surface area contributed by atoms with Gasteiger partial charge in [0.15, 0.2) is 5.96 Å². The summed E-state index contributed by atoms with van der Waals surface area (Å²) in [5.41, 5.74) is 3.03. The second-order valence-electron chi connectivity index (χ2n) is 6.38. The van der Waals surface area contributed by atoms with E-state index in [4.69, 9.17) is 9.15 Å². The van der Waals surface area contributed by atoms with Crippen molar-refractivity contribution >= 4 is 29.9 Å². The number of aromatic nitrogens is 1. The van der Waals surface area contributed by atoms with Gasteiger partial charge < -0.3 is 19.8 Å². The molecule has 3 rings (SSSR count). The molecule has 0 spiro atoms. The third kappa shape index (κ3) is 6.60. The summed E-state index contributed by atoms with van der Waals surface area (Å²) in [5, 5.41) is 6.47. The molecule has 0 bridgehead atoms. The fraction of sp³-hybridized carbons (Fsp3) is 0.474. The fourth-order valence-electron chi connectivity index (χ4n) is 2.39. The molecule has 1 heterocycles. The highest BCUT2D eigenvalue weighted by Crippen LogP contribution is 2.28. The lowest BCUT2D eigenvalue weighted by Gasteiger charge is -2.10. The van der Waals surface area contributed by atoms with Crippen LogP contribution in [-0.2, 0) is 11.3 Å². The number of hydrogen-bond acceptors (Lipinski definition) is 4. The van der Waals surface area contributed by atoms with Gasteiger partial charge in [0.2, 0.25) is 5.89 Å². The number of halogens is 1. The van der Waals surface area contributed by atoms with Gasteiger partial charge in [-0.1, -0.05) is 17.7 Å². The molecule has 26 heavy (non-hydrogen) atoms. The molecule has 0 amide bonds. The minimum absolute atomic E-state index is 0. The van der Waals surface area contributed by atoms with Gasteiger partial charge in [-0.25, -0.2) is 4.98 Å². The van der Waals surface area contributed by atoms with E-state index in [2.05, 4.69) is 39.7 Å². The molecular weight excluding hydrogens is 443 g/mol. The smallest absolute Gasteiger partial charge is 0.226 e. The molecule has 0 radical (unpaired) electrons. The summed E-state index contributed by atoms with van der Waals surface area (Å²) in [5.74, 6) is 2.16. The monoisotopic (exact) mass is 470 g/mol. The van der Waals surface area contributed by atoms with E-state index in [1.54, 1.807) is 13.3 Å². The number of guanidine groups is 1. The fourth-order valence-corrected chi connectivity index (χ4v) is 2.39. The van der Waals surface area contributed by atoms with Crippen LogP contribution in [-0.4, -0.2) is 37.7 Å². The summed E-state index contributed by atoms with van der Waals surface area (Å²) >= 11 is 0. The Labute approximate surface area is 171 Å². The van der Waals surface area contributed by atoms with Gasteiger partial charge in [0.25, 0.3) is 0 Å². The molecular formula is C19H27IN4O2. The van der Waals surface area contributed by atoms with Crippen molar-refractivity contribution < 1.29 is 9.15 Å². The van der Waals surface area contributed by atoms with E-state index in [1.807, 2.05) is 12.1 Å². The lowest BCUT2D eigenvalue weighted by atomic mass is 10.1. The van der Waals surface area contributed by atoms with Gasteiger partial charge in [-0.2, -0.15) is 0 Å². The van der Waals surface area contributed by atoms with Crippen molar-refractivity contribution in [2.24, 2.45) is 10.9 Å². The lowest BCUT2D eigenvalue weighted by molar-refractivity contribution is 0.129. The predicted molar refractivity (Wildman–Crippen MR) is 114 cm³/mol. The maximum atomic E-state index is 5.60. The summed E-state index contributed by atoms with van der Waals surface area (Å²) in [6, 6.07) is 8.13. The Balaban J connectivity index is 0.00000243. The molecule has 1 aromatic heterocycles. The number of nitrogens with one attached hydrogen (secondary N) is 2. The highest BCUT2D eigenvalue weighted by molar-refractivity contribution is 14.0. The molecule has 2 aromatic rings. The second kappa shape index (κ2) is 10.5. The Morgan fingerprint density at radius 2 is 2.04 bits per heavy atom. The number of ether oxygens (including phenoxy) is 1. The van der Waals surface area contributed by atoms with Crippen LogP contribution >= 0.6 is 24.0 Å². The van der Waals surface area contributed by atoms with Crippen LogP contribution in [0, 0.1) is 12.8 Å². The summed E-state index contributed by atoms with van der Waals surface area (Å²) in [4.78, 5) is 8.72. The molecule has 6 nitrogen and oxygen atoms in total. The van der Waals surface area contributed by atoms with Gasteiger partial charge in [-0.3, -0.25) is 4.99 Å².